The van der Waals surface area contributed by atoms with E-state index in [1.807, 2.05) is 0 Å². The summed E-state index contributed by atoms with van der Waals surface area (Å²) in [7, 11) is 0. The van der Waals surface area contributed by atoms with Crippen LogP contribution in [0, 0.1) is 12.7 Å². The van der Waals surface area contributed by atoms with Gasteiger partial charge in [-0.1, -0.05) is 17.7 Å². The Balaban J connectivity index is 3.24. The first kappa shape index (κ1) is 11.0. The maximum absolute atomic E-state index is 13.5. The first-order valence-corrected chi connectivity index (χ1v) is 4.50. The molecule has 4 heteroatoms. The van der Waals surface area contributed by atoms with Crippen molar-refractivity contribution in [1.82, 2.24) is 0 Å². The Hall–Kier alpha value is -1.09. The van der Waals surface area contributed by atoms with Crippen molar-refractivity contribution in [2.75, 3.05) is 0 Å². The minimum absolute atomic E-state index is 0.166. The summed E-state index contributed by atoms with van der Waals surface area (Å²) in [6.45, 7) is 2.96. The van der Waals surface area contributed by atoms with E-state index in [4.69, 9.17) is 16.7 Å². The predicted octanol–water partition coefficient (Wildman–Crippen LogP) is 2.98. The Morgan fingerprint density at radius 1 is 1.57 bits per heavy atom. The highest BCUT2D eigenvalue weighted by molar-refractivity contribution is 6.31. The van der Waals surface area contributed by atoms with E-state index in [2.05, 4.69) is 0 Å². The van der Waals surface area contributed by atoms with Gasteiger partial charge in [-0.15, -0.1) is 0 Å². The molecular formula is C10H10ClFO2. The van der Waals surface area contributed by atoms with Crippen LogP contribution in [-0.4, -0.2) is 11.1 Å². The second kappa shape index (κ2) is 3.96. The Labute approximate surface area is 86.3 Å². The SMILES string of the molecule is Cc1c(Cl)ccc(C(C)C(=O)O)c1F. The van der Waals surface area contributed by atoms with Gasteiger partial charge in [-0.2, -0.15) is 0 Å². The van der Waals surface area contributed by atoms with E-state index in [9.17, 15) is 9.18 Å². The van der Waals surface area contributed by atoms with E-state index in [-0.39, 0.29) is 11.1 Å². The van der Waals surface area contributed by atoms with Crippen molar-refractivity contribution in [2.45, 2.75) is 19.8 Å². The average Bonchev–Trinajstić information content (AvgIpc) is 2.13. The highest BCUT2D eigenvalue weighted by Gasteiger charge is 2.19. The highest BCUT2D eigenvalue weighted by Crippen LogP contribution is 2.26. The molecule has 0 spiro atoms. The third-order valence-corrected chi connectivity index (χ3v) is 2.60. The van der Waals surface area contributed by atoms with E-state index in [1.54, 1.807) is 0 Å². The number of carbonyl (C=O) groups is 1. The van der Waals surface area contributed by atoms with Gasteiger partial charge in [0.2, 0.25) is 0 Å². The molecular weight excluding hydrogens is 207 g/mol. The first-order valence-electron chi connectivity index (χ1n) is 4.12. The van der Waals surface area contributed by atoms with Gasteiger partial charge in [-0.05, 0) is 19.9 Å². The van der Waals surface area contributed by atoms with Crippen LogP contribution in [0.15, 0.2) is 12.1 Å². The van der Waals surface area contributed by atoms with Crippen LogP contribution in [0.3, 0.4) is 0 Å². The molecule has 0 heterocycles. The minimum Gasteiger partial charge on any atom is -0.481 e. The summed E-state index contributed by atoms with van der Waals surface area (Å²) < 4.78 is 13.5. The van der Waals surface area contributed by atoms with E-state index >= 15 is 0 Å². The first-order chi connectivity index (χ1) is 6.45. The molecule has 0 aliphatic rings. The molecule has 0 saturated heterocycles. The van der Waals surface area contributed by atoms with E-state index in [0.717, 1.165) is 0 Å². The van der Waals surface area contributed by atoms with Gasteiger partial charge in [0.15, 0.2) is 0 Å². The van der Waals surface area contributed by atoms with Crippen molar-refractivity contribution >= 4 is 17.6 Å². The fraction of sp³-hybridized carbons (Fsp3) is 0.300. The van der Waals surface area contributed by atoms with E-state index in [1.165, 1.54) is 26.0 Å². The molecule has 1 aromatic rings. The number of hydrogen-bond donors (Lipinski definition) is 1. The zero-order chi connectivity index (χ0) is 10.9. The third-order valence-electron chi connectivity index (χ3n) is 2.19. The van der Waals surface area contributed by atoms with Crippen molar-refractivity contribution in [3.8, 4) is 0 Å². The van der Waals surface area contributed by atoms with Gasteiger partial charge in [0.05, 0.1) is 5.92 Å². The van der Waals surface area contributed by atoms with Crippen molar-refractivity contribution in [3.05, 3.63) is 34.1 Å². The molecule has 76 valence electrons. The maximum Gasteiger partial charge on any atom is 0.310 e. The third kappa shape index (κ3) is 1.87. The van der Waals surface area contributed by atoms with E-state index in [0.29, 0.717) is 5.02 Å². The largest absolute Gasteiger partial charge is 0.481 e. The van der Waals surface area contributed by atoms with Crippen LogP contribution < -0.4 is 0 Å². The second-order valence-corrected chi connectivity index (χ2v) is 3.54. The zero-order valence-electron chi connectivity index (χ0n) is 7.84. The molecule has 0 bridgehead atoms. The van der Waals surface area contributed by atoms with Gasteiger partial charge in [0, 0.05) is 16.1 Å². The molecule has 1 unspecified atom stereocenters. The molecule has 1 atom stereocenters. The Bertz CT molecular complexity index is 377. The van der Waals surface area contributed by atoms with Crippen LogP contribution in [0.1, 0.15) is 24.0 Å². The van der Waals surface area contributed by atoms with Gasteiger partial charge < -0.3 is 5.11 Å². The standard InChI is InChI=1S/C10H10ClFO2/c1-5(10(13)14)7-3-4-8(11)6(2)9(7)12/h3-5H,1-2H3,(H,13,14). The Morgan fingerprint density at radius 2 is 2.14 bits per heavy atom. The maximum atomic E-state index is 13.5. The molecule has 0 aliphatic heterocycles. The van der Waals surface area contributed by atoms with Gasteiger partial charge in [-0.25, -0.2) is 4.39 Å². The summed E-state index contributed by atoms with van der Waals surface area (Å²) in [5.41, 5.74) is 0.455. The molecule has 1 aromatic carbocycles. The molecule has 14 heavy (non-hydrogen) atoms. The van der Waals surface area contributed by atoms with Crippen molar-refractivity contribution < 1.29 is 14.3 Å². The van der Waals surface area contributed by atoms with Crippen LogP contribution in [0.2, 0.25) is 5.02 Å². The summed E-state index contributed by atoms with van der Waals surface area (Å²) in [5.74, 6) is -2.44. The molecule has 0 aromatic heterocycles. The molecule has 0 amide bonds. The number of carboxylic acids is 1. The van der Waals surface area contributed by atoms with Crippen LogP contribution >= 0.6 is 11.6 Å². The topological polar surface area (TPSA) is 37.3 Å². The molecule has 1 N–H and O–H groups in total. The number of benzene rings is 1. The molecule has 0 radical (unpaired) electrons. The quantitative estimate of drug-likeness (QED) is 0.825. The minimum atomic E-state index is -1.05. The van der Waals surface area contributed by atoms with Gasteiger partial charge in [0.1, 0.15) is 5.82 Å². The normalized spacial score (nSPS) is 12.6. The Kier molecular flexibility index (Phi) is 3.11. The van der Waals surface area contributed by atoms with Crippen LogP contribution in [0.4, 0.5) is 4.39 Å². The predicted molar refractivity (Wildman–Crippen MR) is 52.2 cm³/mol. The number of aliphatic carboxylic acids is 1. The van der Waals surface area contributed by atoms with Crippen LogP contribution in [0.25, 0.3) is 0 Å². The smallest absolute Gasteiger partial charge is 0.310 e. The lowest BCUT2D eigenvalue weighted by Gasteiger charge is -2.10. The number of halogens is 2. The van der Waals surface area contributed by atoms with Crippen LogP contribution in [-0.2, 0) is 4.79 Å². The fourth-order valence-electron chi connectivity index (χ4n) is 1.15. The molecule has 0 saturated carbocycles. The number of rotatable bonds is 2. The lowest BCUT2D eigenvalue weighted by atomic mass is 9.99. The summed E-state index contributed by atoms with van der Waals surface area (Å²) in [6.07, 6.45) is 0. The lowest BCUT2D eigenvalue weighted by Crippen LogP contribution is -2.10. The average molecular weight is 217 g/mol. The molecule has 0 aliphatic carbocycles. The fourth-order valence-corrected chi connectivity index (χ4v) is 1.30. The lowest BCUT2D eigenvalue weighted by molar-refractivity contribution is -0.138. The summed E-state index contributed by atoms with van der Waals surface area (Å²) >= 11 is 5.68. The number of hydrogen-bond acceptors (Lipinski definition) is 1. The number of carboxylic acid groups (broad SMARTS) is 1. The summed E-state index contributed by atoms with van der Waals surface area (Å²) in [4.78, 5) is 10.6. The van der Waals surface area contributed by atoms with Crippen molar-refractivity contribution in [2.24, 2.45) is 0 Å². The Morgan fingerprint density at radius 3 is 2.64 bits per heavy atom. The van der Waals surface area contributed by atoms with Crippen molar-refractivity contribution in [1.29, 1.82) is 0 Å². The van der Waals surface area contributed by atoms with Gasteiger partial charge >= 0.3 is 5.97 Å². The molecule has 0 fully saturated rings. The summed E-state index contributed by atoms with van der Waals surface area (Å²) in [6, 6.07) is 2.91. The second-order valence-electron chi connectivity index (χ2n) is 3.14. The van der Waals surface area contributed by atoms with Crippen molar-refractivity contribution in [3.63, 3.8) is 0 Å². The monoisotopic (exact) mass is 216 g/mol. The van der Waals surface area contributed by atoms with Gasteiger partial charge in [-0.3, -0.25) is 4.79 Å². The van der Waals surface area contributed by atoms with Gasteiger partial charge in [0.25, 0.3) is 0 Å². The zero-order valence-corrected chi connectivity index (χ0v) is 8.60. The summed E-state index contributed by atoms with van der Waals surface area (Å²) in [5, 5.41) is 9.03. The van der Waals surface area contributed by atoms with E-state index < -0.39 is 17.7 Å². The molecule has 2 nitrogen and oxygen atoms in total. The van der Waals surface area contributed by atoms with Crippen LogP contribution in [0.5, 0.6) is 0 Å². The highest BCUT2D eigenvalue weighted by atomic mass is 35.5. The molecule has 1 rings (SSSR count).